The molecule has 2 aromatic carbocycles. The van der Waals surface area contributed by atoms with Crippen LogP contribution < -0.4 is 0 Å². The summed E-state index contributed by atoms with van der Waals surface area (Å²) in [6.45, 7) is 0. The fraction of sp³-hybridized carbons (Fsp3) is 0.0769. The van der Waals surface area contributed by atoms with Crippen molar-refractivity contribution in [1.29, 1.82) is 0 Å². The van der Waals surface area contributed by atoms with E-state index in [4.69, 9.17) is 0 Å². The molecule has 3 rings (SSSR count). The Hall–Kier alpha value is -2.18. The number of nitrogens with one attached hydrogen (secondary N) is 1. The second-order valence-corrected chi connectivity index (χ2v) is 4.29. The second-order valence-electron chi connectivity index (χ2n) is 4.29. The molecular formula is C13H5F6N. The summed E-state index contributed by atoms with van der Waals surface area (Å²) in [5.74, 6) is -3.76. The lowest BCUT2D eigenvalue weighted by Gasteiger charge is -2.05. The third-order valence-electron chi connectivity index (χ3n) is 3.05. The maximum Gasteiger partial charge on any atom is 0.416 e. The number of hydrogen-bond donors (Lipinski definition) is 1. The van der Waals surface area contributed by atoms with Gasteiger partial charge in [0, 0.05) is 22.4 Å². The van der Waals surface area contributed by atoms with Gasteiger partial charge in [-0.15, -0.1) is 0 Å². The van der Waals surface area contributed by atoms with Crippen LogP contribution in [0.1, 0.15) is 5.56 Å². The molecule has 7 heteroatoms. The number of aromatic nitrogens is 1. The Kier molecular flexibility index (Phi) is 2.51. The van der Waals surface area contributed by atoms with E-state index in [1.807, 2.05) is 0 Å². The Morgan fingerprint density at radius 3 is 2.25 bits per heavy atom. The third kappa shape index (κ3) is 1.73. The van der Waals surface area contributed by atoms with Gasteiger partial charge in [-0.05, 0) is 12.1 Å². The van der Waals surface area contributed by atoms with Gasteiger partial charge in [0.05, 0.1) is 11.1 Å². The van der Waals surface area contributed by atoms with Gasteiger partial charge in [-0.2, -0.15) is 13.2 Å². The minimum Gasteiger partial charge on any atom is -0.352 e. The molecule has 0 saturated carbocycles. The van der Waals surface area contributed by atoms with Crippen molar-refractivity contribution in [3.63, 3.8) is 0 Å². The predicted octanol–water partition coefficient (Wildman–Crippen LogP) is 4.76. The lowest BCUT2D eigenvalue weighted by Crippen LogP contribution is -2.04. The molecule has 0 atom stereocenters. The fourth-order valence-electron chi connectivity index (χ4n) is 2.15. The van der Waals surface area contributed by atoms with Crippen LogP contribution in [0.15, 0.2) is 24.3 Å². The van der Waals surface area contributed by atoms with E-state index in [1.165, 1.54) is 0 Å². The fourth-order valence-corrected chi connectivity index (χ4v) is 2.15. The zero-order valence-corrected chi connectivity index (χ0v) is 9.58. The highest BCUT2D eigenvalue weighted by Crippen LogP contribution is 2.35. The molecule has 20 heavy (non-hydrogen) atoms. The topological polar surface area (TPSA) is 15.8 Å². The summed E-state index contributed by atoms with van der Waals surface area (Å²) in [6.07, 6.45) is -4.58. The molecule has 3 aromatic rings. The molecule has 1 aromatic heterocycles. The highest BCUT2D eigenvalue weighted by atomic mass is 19.4. The van der Waals surface area contributed by atoms with E-state index in [-0.39, 0.29) is 16.4 Å². The minimum absolute atomic E-state index is 0.0103. The average molecular weight is 289 g/mol. The number of halogens is 6. The molecule has 0 aliphatic heterocycles. The van der Waals surface area contributed by atoms with Gasteiger partial charge in [-0.25, -0.2) is 13.2 Å². The molecule has 0 radical (unpaired) electrons. The van der Waals surface area contributed by atoms with Gasteiger partial charge >= 0.3 is 6.18 Å². The molecule has 1 nitrogen and oxygen atoms in total. The van der Waals surface area contributed by atoms with Gasteiger partial charge in [-0.3, -0.25) is 0 Å². The number of hydrogen-bond acceptors (Lipinski definition) is 0. The molecule has 104 valence electrons. The quantitative estimate of drug-likeness (QED) is 0.454. The van der Waals surface area contributed by atoms with Crippen LogP contribution in [-0.2, 0) is 6.18 Å². The Morgan fingerprint density at radius 1 is 0.900 bits per heavy atom. The van der Waals surface area contributed by atoms with Gasteiger partial charge in [0.1, 0.15) is 5.82 Å². The molecule has 1 N–H and O–H groups in total. The van der Waals surface area contributed by atoms with Crippen molar-refractivity contribution in [2.75, 3.05) is 0 Å². The number of rotatable bonds is 0. The van der Waals surface area contributed by atoms with Gasteiger partial charge in [0.15, 0.2) is 11.6 Å². The molecular weight excluding hydrogens is 284 g/mol. The normalized spacial score (nSPS) is 12.5. The zero-order valence-electron chi connectivity index (χ0n) is 9.58. The van der Waals surface area contributed by atoms with Crippen molar-refractivity contribution in [3.8, 4) is 0 Å². The summed E-state index contributed by atoms with van der Waals surface area (Å²) in [5.41, 5.74) is -1.44. The molecule has 1 heterocycles. The highest BCUT2D eigenvalue weighted by Gasteiger charge is 2.31. The molecule has 0 spiro atoms. The van der Waals surface area contributed by atoms with E-state index in [9.17, 15) is 26.3 Å². The minimum atomic E-state index is -4.58. The summed E-state index contributed by atoms with van der Waals surface area (Å²) < 4.78 is 78.1. The molecule has 0 amide bonds. The van der Waals surface area contributed by atoms with Gasteiger partial charge < -0.3 is 4.98 Å². The molecule has 0 saturated heterocycles. The van der Waals surface area contributed by atoms with Crippen molar-refractivity contribution >= 4 is 21.8 Å². The first-order valence-corrected chi connectivity index (χ1v) is 5.45. The summed E-state index contributed by atoms with van der Waals surface area (Å²) in [4.78, 5) is 2.35. The third-order valence-corrected chi connectivity index (χ3v) is 3.05. The van der Waals surface area contributed by atoms with Crippen molar-refractivity contribution in [2.45, 2.75) is 6.18 Å². The lowest BCUT2D eigenvalue weighted by atomic mass is 10.1. The van der Waals surface area contributed by atoms with Crippen LogP contribution in [0.4, 0.5) is 26.3 Å². The zero-order chi connectivity index (χ0) is 14.7. The van der Waals surface area contributed by atoms with E-state index in [0.29, 0.717) is 6.07 Å². The van der Waals surface area contributed by atoms with Crippen LogP contribution in [0, 0.1) is 17.5 Å². The van der Waals surface area contributed by atoms with Gasteiger partial charge in [-0.1, -0.05) is 6.07 Å². The summed E-state index contributed by atoms with van der Waals surface area (Å²) in [6, 6.07) is 2.79. The van der Waals surface area contributed by atoms with Crippen LogP contribution in [0.5, 0.6) is 0 Å². The SMILES string of the molecule is Fc1cc(F)c2[nH]c3cc(C(F)(F)F)ccc3c2c1F. The van der Waals surface area contributed by atoms with Crippen molar-refractivity contribution < 1.29 is 26.3 Å². The molecule has 0 fully saturated rings. The van der Waals surface area contributed by atoms with E-state index in [1.54, 1.807) is 0 Å². The van der Waals surface area contributed by atoms with Crippen molar-refractivity contribution in [2.24, 2.45) is 0 Å². The lowest BCUT2D eigenvalue weighted by molar-refractivity contribution is -0.137. The monoisotopic (exact) mass is 289 g/mol. The van der Waals surface area contributed by atoms with Crippen LogP contribution in [0.25, 0.3) is 21.8 Å². The first-order chi connectivity index (χ1) is 9.29. The first-order valence-electron chi connectivity index (χ1n) is 5.45. The van der Waals surface area contributed by atoms with E-state index >= 15 is 0 Å². The Labute approximate surface area is 107 Å². The Morgan fingerprint density at radius 2 is 1.60 bits per heavy atom. The number of benzene rings is 2. The molecule has 0 aliphatic carbocycles. The first kappa shape index (κ1) is 12.8. The molecule has 0 bridgehead atoms. The largest absolute Gasteiger partial charge is 0.416 e. The Balaban J connectivity index is 2.43. The van der Waals surface area contributed by atoms with Crippen LogP contribution in [0.3, 0.4) is 0 Å². The maximum absolute atomic E-state index is 13.7. The maximum atomic E-state index is 13.7. The van der Waals surface area contributed by atoms with Crippen LogP contribution >= 0.6 is 0 Å². The molecule has 0 aliphatic rings. The highest BCUT2D eigenvalue weighted by molar-refractivity contribution is 6.07. The number of aromatic amines is 1. The number of H-pyrrole nitrogens is 1. The second kappa shape index (κ2) is 3.91. The molecule has 0 unspecified atom stereocenters. The van der Waals surface area contributed by atoms with Crippen molar-refractivity contribution in [3.05, 3.63) is 47.3 Å². The van der Waals surface area contributed by atoms with Crippen LogP contribution in [0.2, 0.25) is 0 Å². The summed E-state index contributed by atoms with van der Waals surface area (Å²) in [5, 5.41) is -0.407. The van der Waals surface area contributed by atoms with E-state index in [0.717, 1.165) is 18.2 Å². The number of fused-ring (bicyclic) bond motifs is 3. The smallest absolute Gasteiger partial charge is 0.352 e. The van der Waals surface area contributed by atoms with Crippen LogP contribution in [-0.4, -0.2) is 4.98 Å². The van der Waals surface area contributed by atoms with Gasteiger partial charge in [0.2, 0.25) is 0 Å². The summed E-state index contributed by atoms with van der Waals surface area (Å²) in [7, 11) is 0. The van der Waals surface area contributed by atoms with E-state index < -0.39 is 34.6 Å². The average Bonchev–Trinajstić information content (AvgIpc) is 2.74. The summed E-state index contributed by atoms with van der Waals surface area (Å²) >= 11 is 0. The van der Waals surface area contributed by atoms with Gasteiger partial charge in [0.25, 0.3) is 0 Å². The standard InChI is InChI=1S/C13H5F6N/c14-7-4-8(15)12-10(11(7)16)6-2-1-5(13(17,18)19)3-9(6)20-12/h1-4,20H. The Bertz CT molecular complexity index is 830. The predicted molar refractivity (Wildman–Crippen MR) is 60.7 cm³/mol. The number of alkyl halides is 3. The van der Waals surface area contributed by atoms with Crippen molar-refractivity contribution in [1.82, 2.24) is 4.98 Å². The van der Waals surface area contributed by atoms with E-state index in [2.05, 4.69) is 4.98 Å².